The molecule has 4 atom stereocenters. The number of aryl methyl sites for hydroxylation is 1. The lowest BCUT2D eigenvalue weighted by atomic mass is 9.92. The first-order valence-corrected chi connectivity index (χ1v) is 16.2. The summed E-state index contributed by atoms with van der Waals surface area (Å²) in [7, 11) is 0. The molecule has 0 radical (unpaired) electrons. The van der Waals surface area contributed by atoms with Crippen molar-refractivity contribution in [1.29, 1.82) is 0 Å². The van der Waals surface area contributed by atoms with Gasteiger partial charge in [0.05, 0.1) is 10.6 Å². The summed E-state index contributed by atoms with van der Waals surface area (Å²) in [5.41, 5.74) is 1.47. The lowest BCUT2D eigenvalue weighted by Crippen LogP contribution is -2.51. The van der Waals surface area contributed by atoms with Crippen LogP contribution in [0.15, 0.2) is 36.4 Å². The van der Waals surface area contributed by atoms with E-state index < -0.39 is 12.0 Å². The second-order valence-electron chi connectivity index (χ2n) is 13.0. The van der Waals surface area contributed by atoms with Gasteiger partial charge >= 0.3 is 6.01 Å². The van der Waals surface area contributed by atoms with Crippen LogP contribution < -0.4 is 15.0 Å². The van der Waals surface area contributed by atoms with Gasteiger partial charge in [0, 0.05) is 49.1 Å². The van der Waals surface area contributed by atoms with Gasteiger partial charge in [0.15, 0.2) is 5.82 Å². The van der Waals surface area contributed by atoms with Crippen LogP contribution in [0.5, 0.6) is 11.8 Å². The maximum absolute atomic E-state index is 17.0. The number of anilines is 1. The van der Waals surface area contributed by atoms with E-state index in [1.165, 1.54) is 0 Å². The number of aromatic hydroxyl groups is 1. The van der Waals surface area contributed by atoms with Crippen molar-refractivity contribution in [3.8, 4) is 22.9 Å². The summed E-state index contributed by atoms with van der Waals surface area (Å²) >= 11 is 6.95. The molecule has 4 saturated heterocycles. The van der Waals surface area contributed by atoms with E-state index in [9.17, 15) is 9.50 Å². The van der Waals surface area contributed by atoms with E-state index in [2.05, 4.69) is 20.1 Å². The number of nitrogens with one attached hydrogen (secondary N) is 1. The number of rotatable bonds is 6. The van der Waals surface area contributed by atoms with Crippen LogP contribution in [-0.4, -0.2) is 76.6 Å². The molecule has 7 nitrogen and oxygen atoms in total. The first-order valence-electron chi connectivity index (χ1n) is 15.8. The van der Waals surface area contributed by atoms with E-state index >= 15 is 4.39 Å². The number of phenols is 1. The molecule has 2 bridgehead atoms. The Bertz CT molecular complexity index is 1780. The molecule has 44 heavy (non-hydrogen) atoms. The fourth-order valence-corrected chi connectivity index (χ4v) is 8.61. The molecular weight excluding hydrogens is 584 g/mol. The molecule has 0 amide bonds. The fourth-order valence-electron chi connectivity index (χ4n) is 8.31. The van der Waals surface area contributed by atoms with E-state index in [0.717, 1.165) is 68.1 Å². The SMILES string of the molecule is CCc1cccc2cc(O)cc(-c3c(Cl)cc4c(N5CC6CCC(C5)N6)nc(OC[C@@]56CCCN5C[C@H](F)C6)nc4c3F)c12. The molecular formula is C34H36ClF2N5O2. The van der Waals surface area contributed by atoms with Crippen LogP contribution in [0.25, 0.3) is 32.8 Å². The number of alkyl halides is 1. The number of benzene rings is 3. The molecule has 0 aliphatic carbocycles. The van der Waals surface area contributed by atoms with Crippen molar-refractivity contribution in [2.75, 3.05) is 37.7 Å². The number of halogens is 3. The zero-order valence-corrected chi connectivity index (χ0v) is 25.5. The first kappa shape index (κ1) is 28.2. The van der Waals surface area contributed by atoms with E-state index in [1.54, 1.807) is 18.2 Å². The molecule has 3 aromatic carbocycles. The van der Waals surface area contributed by atoms with Crippen molar-refractivity contribution < 1.29 is 18.6 Å². The van der Waals surface area contributed by atoms with E-state index in [0.29, 0.717) is 41.8 Å². The average Bonchev–Trinajstić information content (AvgIpc) is 3.65. The Kier molecular flexibility index (Phi) is 6.84. The van der Waals surface area contributed by atoms with Crippen LogP contribution >= 0.6 is 11.6 Å². The van der Waals surface area contributed by atoms with Crippen LogP contribution in [0.1, 0.15) is 44.6 Å². The second-order valence-corrected chi connectivity index (χ2v) is 13.4. The lowest BCUT2D eigenvalue weighted by Gasteiger charge is -2.34. The molecule has 8 rings (SSSR count). The zero-order valence-electron chi connectivity index (χ0n) is 24.8. The highest BCUT2D eigenvalue weighted by molar-refractivity contribution is 6.35. The normalized spacial score (nSPS) is 26.6. The van der Waals surface area contributed by atoms with Gasteiger partial charge in [-0.2, -0.15) is 9.97 Å². The fraction of sp³-hybridized carbons (Fsp3) is 0.471. The Morgan fingerprint density at radius 1 is 1.14 bits per heavy atom. The van der Waals surface area contributed by atoms with Gasteiger partial charge in [-0.05, 0) is 78.7 Å². The van der Waals surface area contributed by atoms with Gasteiger partial charge in [-0.3, -0.25) is 4.90 Å². The smallest absolute Gasteiger partial charge is 0.319 e. The molecule has 10 heteroatoms. The molecule has 0 spiro atoms. The van der Waals surface area contributed by atoms with E-state index in [1.807, 2.05) is 25.1 Å². The topological polar surface area (TPSA) is 73.8 Å². The summed E-state index contributed by atoms with van der Waals surface area (Å²) in [6.45, 7) is 5.05. The molecule has 2 N–H and O–H groups in total. The van der Waals surface area contributed by atoms with Crippen molar-refractivity contribution in [1.82, 2.24) is 20.2 Å². The highest BCUT2D eigenvalue weighted by Gasteiger charge is 2.49. The van der Waals surface area contributed by atoms with Crippen LogP contribution in [0.4, 0.5) is 14.6 Å². The molecule has 1 aromatic heterocycles. The number of aromatic nitrogens is 2. The number of hydrogen-bond acceptors (Lipinski definition) is 7. The molecule has 230 valence electrons. The summed E-state index contributed by atoms with van der Waals surface area (Å²) in [5, 5.41) is 16.7. The Morgan fingerprint density at radius 2 is 1.95 bits per heavy atom. The molecule has 4 fully saturated rings. The van der Waals surface area contributed by atoms with Crippen LogP contribution in [0.3, 0.4) is 0 Å². The quantitative estimate of drug-likeness (QED) is 0.259. The van der Waals surface area contributed by atoms with Gasteiger partial charge < -0.3 is 20.1 Å². The number of piperazine rings is 1. The summed E-state index contributed by atoms with van der Waals surface area (Å²) in [6.07, 6.45) is 4.30. The summed E-state index contributed by atoms with van der Waals surface area (Å²) in [4.78, 5) is 13.9. The number of phenolic OH excluding ortho intramolecular Hbond substituents is 1. The Balaban J connectivity index is 1.29. The third-order valence-corrected chi connectivity index (χ3v) is 10.6. The van der Waals surface area contributed by atoms with E-state index in [-0.39, 0.29) is 40.0 Å². The number of fused-ring (bicyclic) bond motifs is 5. The van der Waals surface area contributed by atoms with Crippen molar-refractivity contribution in [3.63, 3.8) is 0 Å². The van der Waals surface area contributed by atoms with Gasteiger partial charge in [0.2, 0.25) is 0 Å². The largest absolute Gasteiger partial charge is 0.508 e. The molecule has 2 unspecified atom stereocenters. The molecule has 4 aliphatic heterocycles. The predicted octanol–water partition coefficient (Wildman–Crippen LogP) is 6.41. The minimum Gasteiger partial charge on any atom is -0.508 e. The molecule has 4 aromatic rings. The third kappa shape index (κ3) is 4.58. The van der Waals surface area contributed by atoms with Crippen molar-refractivity contribution in [2.45, 2.75) is 69.2 Å². The first-order chi connectivity index (χ1) is 21.3. The summed E-state index contributed by atoms with van der Waals surface area (Å²) in [5.74, 6) is 0.0479. The maximum atomic E-state index is 17.0. The third-order valence-electron chi connectivity index (χ3n) is 10.3. The highest BCUT2D eigenvalue weighted by atomic mass is 35.5. The maximum Gasteiger partial charge on any atom is 0.319 e. The van der Waals surface area contributed by atoms with Gasteiger partial charge in [-0.15, -0.1) is 0 Å². The molecule has 4 aliphatic rings. The van der Waals surface area contributed by atoms with Crippen LogP contribution in [-0.2, 0) is 6.42 Å². The number of ether oxygens (including phenoxy) is 1. The Hall–Kier alpha value is -3.27. The highest BCUT2D eigenvalue weighted by Crippen LogP contribution is 2.44. The van der Waals surface area contributed by atoms with Crippen molar-refractivity contribution >= 4 is 39.1 Å². The summed E-state index contributed by atoms with van der Waals surface area (Å²) < 4.78 is 37.8. The zero-order chi connectivity index (χ0) is 30.2. The minimum atomic E-state index is -0.879. The van der Waals surface area contributed by atoms with Crippen LogP contribution in [0, 0.1) is 5.82 Å². The standard InChI is InChI=1S/C34H36ClF2N5O2/c1-2-19-5-3-6-20-11-24(43)12-25(28(19)20)29-27(35)13-26-31(30(29)37)39-33(40-32(26)41-16-22-7-8-23(17-41)38-22)44-18-34-9-4-10-42(34)15-21(36)14-34/h3,5-6,11-13,21-23,38,43H,2,4,7-10,14-18H2,1H3/t21-,22?,23?,34+/m1/s1. The van der Waals surface area contributed by atoms with Gasteiger partial charge in [0.1, 0.15) is 29.9 Å². The number of hydrogen-bond donors (Lipinski definition) is 2. The van der Waals surface area contributed by atoms with Crippen LogP contribution in [0.2, 0.25) is 5.02 Å². The van der Waals surface area contributed by atoms with Gasteiger partial charge in [-0.1, -0.05) is 36.7 Å². The van der Waals surface area contributed by atoms with Gasteiger partial charge in [0.25, 0.3) is 0 Å². The molecule has 0 saturated carbocycles. The monoisotopic (exact) mass is 619 g/mol. The second kappa shape index (κ2) is 10.7. The minimum absolute atomic E-state index is 0.0307. The van der Waals surface area contributed by atoms with E-state index in [4.69, 9.17) is 21.3 Å². The van der Waals surface area contributed by atoms with Crippen molar-refractivity contribution in [2.24, 2.45) is 0 Å². The Labute approximate surface area is 260 Å². The summed E-state index contributed by atoms with van der Waals surface area (Å²) in [6, 6.07) is 11.6. The predicted molar refractivity (Wildman–Crippen MR) is 169 cm³/mol. The Morgan fingerprint density at radius 3 is 2.75 bits per heavy atom. The lowest BCUT2D eigenvalue weighted by molar-refractivity contribution is 0.107. The van der Waals surface area contributed by atoms with Gasteiger partial charge in [-0.25, -0.2) is 8.78 Å². The number of nitrogens with zero attached hydrogens (tertiary/aromatic N) is 4. The van der Waals surface area contributed by atoms with Crippen molar-refractivity contribution in [3.05, 3.63) is 52.8 Å². The average molecular weight is 620 g/mol. The molecule has 5 heterocycles.